The van der Waals surface area contributed by atoms with E-state index in [-0.39, 0.29) is 6.04 Å². The Morgan fingerprint density at radius 1 is 0.697 bits per heavy atom. The monoisotopic (exact) mass is 443 g/mol. The number of aromatic nitrogens is 3. The van der Waals surface area contributed by atoms with Gasteiger partial charge in [0.05, 0.1) is 12.6 Å². The minimum atomic E-state index is 0.271. The average molecular weight is 444 g/mol. The third-order valence-electron chi connectivity index (χ3n) is 6.69. The molecule has 2 aliphatic heterocycles. The fourth-order valence-electron chi connectivity index (χ4n) is 5.00. The lowest BCUT2D eigenvalue weighted by Crippen LogP contribution is -2.47. The number of benzene rings is 2. The van der Waals surface area contributed by atoms with E-state index < -0.39 is 0 Å². The minimum Gasteiger partial charge on any atom is -0.368 e. The molecule has 1 aromatic heterocycles. The highest BCUT2D eigenvalue weighted by Crippen LogP contribution is 2.29. The zero-order valence-corrected chi connectivity index (χ0v) is 19.2. The minimum absolute atomic E-state index is 0.271. The van der Waals surface area contributed by atoms with Crippen molar-refractivity contribution in [3.05, 3.63) is 77.6 Å². The third kappa shape index (κ3) is 5.31. The Morgan fingerprint density at radius 2 is 1.30 bits per heavy atom. The van der Waals surface area contributed by atoms with Crippen molar-refractivity contribution in [2.75, 3.05) is 49.9 Å². The van der Waals surface area contributed by atoms with Gasteiger partial charge in [0, 0.05) is 39.3 Å². The van der Waals surface area contributed by atoms with Gasteiger partial charge in [-0.3, -0.25) is 9.80 Å². The van der Waals surface area contributed by atoms with Crippen molar-refractivity contribution in [2.45, 2.75) is 31.8 Å². The summed E-state index contributed by atoms with van der Waals surface area (Å²) in [5.41, 5.74) is 8.73. The van der Waals surface area contributed by atoms with Crippen LogP contribution in [0.4, 0.5) is 11.9 Å². The molecule has 2 fully saturated rings. The maximum Gasteiger partial charge on any atom is 0.230 e. The second-order valence-corrected chi connectivity index (χ2v) is 8.99. The zero-order valence-electron chi connectivity index (χ0n) is 19.2. The van der Waals surface area contributed by atoms with Crippen LogP contribution in [0.2, 0.25) is 0 Å². The molecule has 0 spiro atoms. The molecule has 3 heterocycles. The third-order valence-corrected chi connectivity index (χ3v) is 6.69. The van der Waals surface area contributed by atoms with E-state index in [1.807, 2.05) is 0 Å². The van der Waals surface area contributed by atoms with Crippen molar-refractivity contribution in [1.82, 2.24) is 24.8 Å². The molecule has 2 saturated heterocycles. The van der Waals surface area contributed by atoms with Crippen LogP contribution in [0, 0.1) is 0 Å². The SMILES string of the molecule is Nc1nc(CN2CCN(C(c3ccccc3)c3ccccc3)CC2)nc(N2CCCCC2)n1. The van der Waals surface area contributed by atoms with Gasteiger partial charge in [-0.05, 0) is 30.4 Å². The second-order valence-electron chi connectivity index (χ2n) is 8.99. The lowest BCUT2D eigenvalue weighted by molar-refractivity contribution is 0.103. The first-order valence-electron chi connectivity index (χ1n) is 12.1. The molecule has 7 nitrogen and oxygen atoms in total. The van der Waals surface area contributed by atoms with Crippen molar-refractivity contribution in [3.8, 4) is 0 Å². The van der Waals surface area contributed by atoms with Crippen LogP contribution < -0.4 is 10.6 Å². The van der Waals surface area contributed by atoms with Crippen LogP contribution in [0.1, 0.15) is 42.3 Å². The van der Waals surface area contributed by atoms with Crippen LogP contribution in [0.3, 0.4) is 0 Å². The number of hydrogen-bond acceptors (Lipinski definition) is 7. The predicted octanol–water partition coefficient (Wildman–Crippen LogP) is 3.35. The summed E-state index contributed by atoms with van der Waals surface area (Å²) in [5.74, 6) is 1.84. The molecule has 172 valence electrons. The van der Waals surface area contributed by atoms with Gasteiger partial charge in [0.15, 0.2) is 0 Å². The molecule has 3 aromatic rings. The van der Waals surface area contributed by atoms with Gasteiger partial charge >= 0.3 is 0 Å². The molecular formula is C26H33N7. The Morgan fingerprint density at radius 3 is 1.91 bits per heavy atom. The number of rotatable bonds is 6. The Bertz CT molecular complexity index is 974. The first-order chi connectivity index (χ1) is 16.3. The zero-order chi connectivity index (χ0) is 22.5. The summed E-state index contributed by atoms with van der Waals surface area (Å²) in [6, 6.07) is 21.9. The fourth-order valence-corrected chi connectivity index (χ4v) is 5.00. The number of piperidine rings is 1. The van der Waals surface area contributed by atoms with Crippen LogP contribution in [-0.2, 0) is 6.54 Å². The molecule has 0 aliphatic carbocycles. The molecule has 33 heavy (non-hydrogen) atoms. The Kier molecular flexibility index (Phi) is 6.79. The van der Waals surface area contributed by atoms with E-state index >= 15 is 0 Å². The molecule has 0 bridgehead atoms. The first kappa shape index (κ1) is 21.8. The van der Waals surface area contributed by atoms with Gasteiger partial charge in [-0.25, -0.2) is 0 Å². The lowest BCUT2D eigenvalue weighted by Gasteiger charge is -2.39. The van der Waals surface area contributed by atoms with Crippen molar-refractivity contribution in [2.24, 2.45) is 0 Å². The van der Waals surface area contributed by atoms with E-state index in [1.54, 1.807) is 0 Å². The first-order valence-corrected chi connectivity index (χ1v) is 12.1. The number of nitrogen functional groups attached to an aromatic ring is 1. The Hall–Kier alpha value is -3.03. The largest absolute Gasteiger partial charge is 0.368 e. The predicted molar refractivity (Wildman–Crippen MR) is 132 cm³/mol. The molecule has 0 unspecified atom stereocenters. The molecular weight excluding hydrogens is 410 g/mol. The van der Waals surface area contributed by atoms with E-state index in [1.165, 1.54) is 30.4 Å². The smallest absolute Gasteiger partial charge is 0.230 e. The molecule has 2 aliphatic rings. The Labute approximate surface area is 196 Å². The maximum absolute atomic E-state index is 6.05. The molecule has 0 radical (unpaired) electrons. The maximum atomic E-state index is 6.05. The highest BCUT2D eigenvalue weighted by atomic mass is 15.3. The van der Waals surface area contributed by atoms with Gasteiger partial charge < -0.3 is 10.6 Å². The summed E-state index contributed by atoms with van der Waals surface area (Å²) < 4.78 is 0. The highest BCUT2D eigenvalue weighted by molar-refractivity contribution is 5.35. The van der Waals surface area contributed by atoms with Crippen molar-refractivity contribution in [3.63, 3.8) is 0 Å². The topological polar surface area (TPSA) is 74.4 Å². The van der Waals surface area contributed by atoms with E-state index in [9.17, 15) is 0 Å². The summed E-state index contributed by atoms with van der Waals surface area (Å²) in [7, 11) is 0. The summed E-state index contributed by atoms with van der Waals surface area (Å²) >= 11 is 0. The van der Waals surface area contributed by atoms with Gasteiger partial charge in [-0.15, -0.1) is 0 Å². The second kappa shape index (κ2) is 10.3. The van der Waals surface area contributed by atoms with Crippen LogP contribution in [-0.4, -0.2) is 64.0 Å². The number of hydrogen-bond donors (Lipinski definition) is 1. The van der Waals surface area contributed by atoms with E-state index in [4.69, 9.17) is 10.7 Å². The molecule has 7 heteroatoms. The van der Waals surface area contributed by atoms with Gasteiger partial charge in [-0.1, -0.05) is 60.7 Å². The van der Waals surface area contributed by atoms with E-state index in [2.05, 4.69) is 85.3 Å². The molecule has 0 saturated carbocycles. The van der Waals surface area contributed by atoms with Gasteiger partial charge in [0.1, 0.15) is 5.82 Å². The van der Waals surface area contributed by atoms with Crippen LogP contribution in [0.25, 0.3) is 0 Å². The lowest BCUT2D eigenvalue weighted by atomic mass is 9.96. The quantitative estimate of drug-likeness (QED) is 0.626. The van der Waals surface area contributed by atoms with Crippen molar-refractivity contribution < 1.29 is 0 Å². The summed E-state index contributed by atoms with van der Waals surface area (Å²) in [4.78, 5) is 20.9. The summed E-state index contributed by atoms with van der Waals surface area (Å²) in [6.45, 7) is 6.65. The van der Waals surface area contributed by atoms with Gasteiger partial charge in [-0.2, -0.15) is 15.0 Å². The van der Waals surface area contributed by atoms with E-state index in [0.717, 1.165) is 51.0 Å². The molecule has 5 rings (SSSR count). The van der Waals surface area contributed by atoms with Crippen molar-refractivity contribution >= 4 is 11.9 Å². The van der Waals surface area contributed by atoms with Gasteiger partial charge in [0.25, 0.3) is 0 Å². The van der Waals surface area contributed by atoms with Gasteiger partial charge in [0.2, 0.25) is 11.9 Å². The number of nitrogens with two attached hydrogens (primary N) is 1. The van der Waals surface area contributed by atoms with Crippen LogP contribution in [0.15, 0.2) is 60.7 Å². The number of piperazine rings is 1. The Balaban J connectivity index is 1.26. The highest BCUT2D eigenvalue weighted by Gasteiger charge is 2.27. The summed E-state index contributed by atoms with van der Waals surface area (Å²) in [6.07, 6.45) is 3.65. The normalized spacial score (nSPS) is 18.0. The number of anilines is 2. The number of nitrogens with zero attached hydrogens (tertiary/aromatic N) is 6. The average Bonchev–Trinajstić information content (AvgIpc) is 2.87. The van der Waals surface area contributed by atoms with Crippen LogP contribution in [0.5, 0.6) is 0 Å². The molecule has 2 N–H and O–H groups in total. The molecule has 0 amide bonds. The summed E-state index contributed by atoms with van der Waals surface area (Å²) in [5, 5.41) is 0. The standard InChI is InChI=1S/C26H33N7/c27-25-28-23(29-26(30-25)33-14-8-3-9-15-33)20-31-16-18-32(19-17-31)24(21-10-4-1-5-11-21)22-12-6-2-7-13-22/h1-2,4-7,10-13,24H,3,8-9,14-20H2,(H2,27,28,29,30). The van der Waals surface area contributed by atoms with Crippen molar-refractivity contribution in [1.29, 1.82) is 0 Å². The molecule has 0 atom stereocenters. The van der Waals surface area contributed by atoms with Crippen LogP contribution >= 0.6 is 0 Å². The fraction of sp³-hybridized carbons (Fsp3) is 0.423. The molecule has 2 aromatic carbocycles. The van der Waals surface area contributed by atoms with E-state index in [0.29, 0.717) is 12.5 Å².